The van der Waals surface area contributed by atoms with E-state index in [1.165, 1.54) is 16.7 Å². The molecular weight excluding hydrogens is 260 g/mol. The van der Waals surface area contributed by atoms with Gasteiger partial charge in [-0.3, -0.25) is 0 Å². The van der Waals surface area contributed by atoms with Gasteiger partial charge < -0.3 is 9.72 Å². The van der Waals surface area contributed by atoms with Crippen molar-refractivity contribution < 1.29 is 4.74 Å². The van der Waals surface area contributed by atoms with Crippen molar-refractivity contribution in [3.8, 4) is 5.75 Å². The van der Waals surface area contributed by atoms with E-state index in [0.717, 1.165) is 22.6 Å². The van der Waals surface area contributed by atoms with Crippen molar-refractivity contribution in [3.05, 3.63) is 58.9 Å². The highest BCUT2D eigenvalue weighted by Gasteiger charge is 2.13. The molecule has 0 aliphatic rings. The number of aromatic nitrogens is 2. The summed E-state index contributed by atoms with van der Waals surface area (Å²) in [5.41, 5.74) is 5.67. The molecule has 0 aliphatic carbocycles. The third kappa shape index (κ3) is 2.92. The normalized spacial score (nSPS) is 12.6. The van der Waals surface area contributed by atoms with E-state index in [9.17, 15) is 0 Å². The summed E-state index contributed by atoms with van der Waals surface area (Å²) in [6.07, 6.45) is -0.112. The van der Waals surface area contributed by atoms with Crippen molar-refractivity contribution in [2.24, 2.45) is 0 Å². The second kappa shape index (κ2) is 5.24. The second-order valence-corrected chi connectivity index (χ2v) is 5.73. The fraction of sp³-hybridized carbons (Fsp3) is 0.278. The van der Waals surface area contributed by atoms with Crippen LogP contribution in [-0.2, 0) is 0 Å². The van der Waals surface area contributed by atoms with E-state index in [0.29, 0.717) is 0 Å². The molecule has 21 heavy (non-hydrogen) atoms. The molecule has 108 valence electrons. The van der Waals surface area contributed by atoms with E-state index in [-0.39, 0.29) is 6.10 Å². The summed E-state index contributed by atoms with van der Waals surface area (Å²) in [5.74, 6) is 1.74. The summed E-state index contributed by atoms with van der Waals surface area (Å²) in [6, 6.07) is 12.5. The zero-order valence-electron chi connectivity index (χ0n) is 12.9. The molecule has 1 aromatic heterocycles. The number of rotatable bonds is 3. The van der Waals surface area contributed by atoms with Crippen LogP contribution in [0.25, 0.3) is 11.0 Å². The van der Waals surface area contributed by atoms with Crippen LogP contribution < -0.4 is 4.74 Å². The fourth-order valence-electron chi connectivity index (χ4n) is 2.60. The highest BCUT2D eigenvalue weighted by Crippen LogP contribution is 2.24. The molecule has 0 fully saturated rings. The van der Waals surface area contributed by atoms with Crippen LogP contribution in [-0.4, -0.2) is 9.97 Å². The number of nitrogens with one attached hydrogen (secondary N) is 1. The number of hydrogen-bond donors (Lipinski definition) is 1. The first-order chi connectivity index (χ1) is 10.0. The van der Waals surface area contributed by atoms with Gasteiger partial charge in [0.2, 0.25) is 0 Å². The Morgan fingerprint density at radius 2 is 1.67 bits per heavy atom. The molecule has 1 heterocycles. The van der Waals surface area contributed by atoms with Gasteiger partial charge in [-0.05, 0) is 68.7 Å². The number of imidazole rings is 1. The van der Waals surface area contributed by atoms with E-state index in [1.54, 1.807) is 0 Å². The molecular formula is C18H20N2O. The van der Waals surface area contributed by atoms with Gasteiger partial charge in [-0.1, -0.05) is 12.1 Å². The summed E-state index contributed by atoms with van der Waals surface area (Å²) in [4.78, 5) is 7.96. The van der Waals surface area contributed by atoms with E-state index >= 15 is 0 Å². The Morgan fingerprint density at radius 1 is 0.952 bits per heavy atom. The topological polar surface area (TPSA) is 37.9 Å². The van der Waals surface area contributed by atoms with Gasteiger partial charge in [0.1, 0.15) is 11.6 Å². The minimum Gasteiger partial charge on any atom is -0.483 e. The maximum Gasteiger partial charge on any atom is 0.153 e. The summed E-state index contributed by atoms with van der Waals surface area (Å²) < 4.78 is 6.03. The van der Waals surface area contributed by atoms with Gasteiger partial charge in [0.15, 0.2) is 6.10 Å². The fourth-order valence-corrected chi connectivity index (χ4v) is 2.60. The predicted molar refractivity (Wildman–Crippen MR) is 85.8 cm³/mol. The Labute approximate surface area is 125 Å². The van der Waals surface area contributed by atoms with Crippen LogP contribution in [0.3, 0.4) is 0 Å². The molecule has 0 amide bonds. The molecule has 0 unspecified atom stereocenters. The summed E-state index contributed by atoms with van der Waals surface area (Å²) in [5, 5.41) is 0. The molecule has 0 saturated heterocycles. The monoisotopic (exact) mass is 280 g/mol. The summed E-state index contributed by atoms with van der Waals surface area (Å²) in [7, 11) is 0. The van der Waals surface area contributed by atoms with Crippen LogP contribution >= 0.6 is 0 Å². The molecule has 0 aliphatic heterocycles. The van der Waals surface area contributed by atoms with Crippen molar-refractivity contribution in [1.29, 1.82) is 0 Å². The predicted octanol–water partition coefficient (Wildman–Crippen LogP) is 4.63. The van der Waals surface area contributed by atoms with Crippen molar-refractivity contribution >= 4 is 11.0 Å². The van der Waals surface area contributed by atoms with Gasteiger partial charge in [-0.15, -0.1) is 0 Å². The standard InChI is InChI=1S/C18H20N2O/c1-11-5-6-16-17(10-11)20-18(19-16)14(4)21-15-8-12(2)7-13(3)9-15/h5-10,14H,1-4H3,(H,19,20)/t14-/m0/s1. The first kappa shape index (κ1) is 13.7. The highest BCUT2D eigenvalue weighted by molar-refractivity contribution is 5.75. The Balaban J connectivity index is 1.87. The number of benzene rings is 2. The zero-order chi connectivity index (χ0) is 15.0. The molecule has 3 aromatic rings. The number of aromatic amines is 1. The lowest BCUT2D eigenvalue weighted by molar-refractivity contribution is 0.218. The molecule has 2 aromatic carbocycles. The largest absolute Gasteiger partial charge is 0.483 e. The van der Waals surface area contributed by atoms with Crippen molar-refractivity contribution in [2.75, 3.05) is 0 Å². The molecule has 0 saturated carbocycles. The molecule has 0 radical (unpaired) electrons. The van der Waals surface area contributed by atoms with Crippen LogP contribution in [0.5, 0.6) is 5.75 Å². The van der Waals surface area contributed by atoms with E-state index in [4.69, 9.17) is 4.74 Å². The Bertz CT molecular complexity index is 769. The van der Waals surface area contributed by atoms with Gasteiger partial charge in [-0.25, -0.2) is 4.98 Å². The molecule has 3 rings (SSSR count). The van der Waals surface area contributed by atoms with E-state index in [2.05, 4.69) is 61.1 Å². The Hall–Kier alpha value is -2.29. The first-order valence-corrected chi connectivity index (χ1v) is 7.22. The molecule has 1 N–H and O–H groups in total. The highest BCUT2D eigenvalue weighted by atomic mass is 16.5. The number of hydrogen-bond acceptors (Lipinski definition) is 2. The number of H-pyrrole nitrogens is 1. The summed E-state index contributed by atoms with van der Waals surface area (Å²) in [6.45, 7) is 8.25. The summed E-state index contributed by atoms with van der Waals surface area (Å²) >= 11 is 0. The average Bonchev–Trinajstić information content (AvgIpc) is 2.80. The van der Waals surface area contributed by atoms with Crippen molar-refractivity contribution in [3.63, 3.8) is 0 Å². The number of aryl methyl sites for hydroxylation is 3. The molecule has 1 atom stereocenters. The average molecular weight is 280 g/mol. The third-order valence-electron chi connectivity index (χ3n) is 3.55. The van der Waals surface area contributed by atoms with Gasteiger partial charge in [0.05, 0.1) is 11.0 Å². The molecule has 0 bridgehead atoms. The first-order valence-electron chi connectivity index (χ1n) is 7.22. The second-order valence-electron chi connectivity index (χ2n) is 5.73. The van der Waals surface area contributed by atoms with Gasteiger partial charge >= 0.3 is 0 Å². The maximum atomic E-state index is 6.03. The smallest absolute Gasteiger partial charge is 0.153 e. The van der Waals surface area contributed by atoms with Crippen LogP contribution in [0.4, 0.5) is 0 Å². The van der Waals surface area contributed by atoms with Gasteiger partial charge in [0, 0.05) is 0 Å². The lowest BCUT2D eigenvalue weighted by Gasteiger charge is -2.13. The van der Waals surface area contributed by atoms with Crippen LogP contribution in [0.1, 0.15) is 35.5 Å². The number of nitrogens with zero attached hydrogens (tertiary/aromatic N) is 1. The molecule has 3 heteroatoms. The van der Waals surface area contributed by atoms with Crippen molar-refractivity contribution in [2.45, 2.75) is 33.8 Å². The quantitative estimate of drug-likeness (QED) is 0.759. The lowest BCUT2D eigenvalue weighted by atomic mass is 10.1. The van der Waals surface area contributed by atoms with Crippen LogP contribution in [0, 0.1) is 20.8 Å². The van der Waals surface area contributed by atoms with E-state index < -0.39 is 0 Å². The number of fused-ring (bicyclic) bond motifs is 1. The minimum absolute atomic E-state index is 0.112. The molecule has 0 spiro atoms. The van der Waals surface area contributed by atoms with Gasteiger partial charge in [0.25, 0.3) is 0 Å². The maximum absolute atomic E-state index is 6.03. The number of ether oxygens (including phenoxy) is 1. The Morgan fingerprint density at radius 3 is 2.38 bits per heavy atom. The molecule has 3 nitrogen and oxygen atoms in total. The zero-order valence-corrected chi connectivity index (χ0v) is 12.9. The minimum atomic E-state index is -0.112. The lowest BCUT2D eigenvalue weighted by Crippen LogP contribution is -2.05. The Kier molecular flexibility index (Phi) is 3.42. The SMILES string of the molecule is Cc1cc(C)cc(O[C@@H](C)c2nc3ccc(C)cc3[nH]2)c1. The van der Waals surface area contributed by atoms with Crippen LogP contribution in [0.15, 0.2) is 36.4 Å². The van der Waals surface area contributed by atoms with Crippen molar-refractivity contribution in [1.82, 2.24) is 9.97 Å². The third-order valence-corrected chi connectivity index (χ3v) is 3.55. The van der Waals surface area contributed by atoms with E-state index in [1.807, 2.05) is 13.0 Å². The van der Waals surface area contributed by atoms with Crippen LogP contribution in [0.2, 0.25) is 0 Å². The van der Waals surface area contributed by atoms with Gasteiger partial charge in [-0.2, -0.15) is 0 Å².